The van der Waals surface area contributed by atoms with Gasteiger partial charge < -0.3 is 15.5 Å². The van der Waals surface area contributed by atoms with Crippen molar-refractivity contribution in [1.82, 2.24) is 25.0 Å². The molecule has 1 atom stereocenters. The van der Waals surface area contributed by atoms with Gasteiger partial charge in [-0.1, -0.05) is 0 Å². The molecule has 3 aromatic heterocycles. The Morgan fingerprint density at radius 2 is 2.23 bits per heavy atom. The fourth-order valence-electron chi connectivity index (χ4n) is 2.80. The summed E-state index contributed by atoms with van der Waals surface area (Å²) in [4.78, 5) is 37.1. The molecule has 3 aromatic rings. The average molecular weight is 392 g/mol. The zero-order valence-electron chi connectivity index (χ0n) is 13.8. The molecule has 3 N–H and O–H groups in total. The number of rotatable bonds is 3. The van der Waals surface area contributed by atoms with Crippen LogP contribution in [0.3, 0.4) is 0 Å². The Hall–Kier alpha value is -2.57. The Labute approximate surface area is 156 Å². The predicted molar refractivity (Wildman–Crippen MR) is 100 cm³/mol. The molecule has 1 saturated heterocycles. The van der Waals surface area contributed by atoms with Gasteiger partial charge >= 0.3 is 6.09 Å². The summed E-state index contributed by atoms with van der Waals surface area (Å²) in [5, 5.41) is 6.52. The van der Waals surface area contributed by atoms with Crippen LogP contribution in [0.25, 0.3) is 10.3 Å². The topological polar surface area (TPSA) is 122 Å². The van der Waals surface area contributed by atoms with E-state index < -0.39 is 6.09 Å². The Bertz CT molecular complexity index is 915. The first-order valence-electron chi connectivity index (χ1n) is 7.87. The maximum Gasteiger partial charge on any atom is 0.432 e. The summed E-state index contributed by atoms with van der Waals surface area (Å²) >= 11 is 2.76. The fourth-order valence-corrected chi connectivity index (χ4v) is 3.97. The number of piperazine rings is 1. The molecule has 4 rings (SSSR count). The van der Waals surface area contributed by atoms with E-state index in [1.165, 1.54) is 22.7 Å². The van der Waals surface area contributed by atoms with Crippen LogP contribution in [0.15, 0.2) is 17.1 Å². The third-order valence-electron chi connectivity index (χ3n) is 3.91. The molecule has 1 aliphatic rings. The van der Waals surface area contributed by atoms with Crippen molar-refractivity contribution >= 4 is 56.0 Å². The number of hydroxylamine groups is 2. The van der Waals surface area contributed by atoms with Gasteiger partial charge in [-0.05, 0) is 6.92 Å². The summed E-state index contributed by atoms with van der Waals surface area (Å²) in [6.45, 7) is 3.71. The number of nitrogens with zero attached hydrogens (tertiary/aromatic N) is 6. The number of carbonyl (C=O) groups is 1. The van der Waals surface area contributed by atoms with Crippen molar-refractivity contribution in [2.45, 2.75) is 13.0 Å². The van der Waals surface area contributed by atoms with E-state index in [1.807, 2.05) is 6.92 Å². The van der Waals surface area contributed by atoms with Crippen molar-refractivity contribution in [3.63, 3.8) is 0 Å². The van der Waals surface area contributed by atoms with Crippen LogP contribution in [0.5, 0.6) is 0 Å². The lowest BCUT2D eigenvalue weighted by atomic mass is 10.2. The highest BCUT2D eigenvalue weighted by molar-refractivity contribution is 7.16. The van der Waals surface area contributed by atoms with Crippen molar-refractivity contribution in [3.8, 4) is 0 Å². The van der Waals surface area contributed by atoms with E-state index >= 15 is 0 Å². The van der Waals surface area contributed by atoms with Crippen LogP contribution in [0, 0.1) is 0 Å². The Morgan fingerprint density at radius 3 is 3.00 bits per heavy atom. The first kappa shape index (κ1) is 16.9. The number of nitrogens with two attached hydrogens (primary N) is 1. The number of anilines is 3. The Kier molecular flexibility index (Phi) is 4.53. The number of thiazole rings is 2. The van der Waals surface area contributed by atoms with Crippen molar-refractivity contribution in [1.29, 1.82) is 0 Å². The number of nitrogens with one attached hydrogen (secondary N) is 1. The number of hydrogen-bond donors (Lipinski definition) is 2. The van der Waals surface area contributed by atoms with Gasteiger partial charge in [-0.25, -0.2) is 19.7 Å². The Balaban J connectivity index is 1.43. The molecule has 136 valence electrons. The molecule has 0 aliphatic carbocycles. The van der Waals surface area contributed by atoms with Gasteiger partial charge in [0.05, 0.1) is 18.6 Å². The maximum absolute atomic E-state index is 12.0. The summed E-state index contributed by atoms with van der Waals surface area (Å²) in [5.74, 6) is 0.943. The molecule has 0 spiro atoms. The molecule has 4 heterocycles. The van der Waals surface area contributed by atoms with E-state index in [1.54, 1.807) is 22.2 Å². The van der Waals surface area contributed by atoms with Gasteiger partial charge in [0.1, 0.15) is 5.52 Å². The van der Waals surface area contributed by atoms with Gasteiger partial charge in [0.15, 0.2) is 15.8 Å². The fraction of sp³-hybridized carbons (Fsp3) is 0.357. The van der Waals surface area contributed by atoms with Crippen molar-refractivity contribution < 1.29 is 9.63 Å². The highest BCUT2D eigenvalue weighted by Crippen LogP contribution is 2.28. The molecular weight excluding hydrogens is 376 g/mol. The number of aromatic nitrogens is 4. The smallest absolute Gasteiger partial charge is 0.368 e. The van der Waals surface area contributed by atoms with Gasteiger partial charge in [0, 0.05) is 24.2 Å². The number of carbonyl (C=O) groups excluding carboxylic acids is 1. The summed E-state index contributed by atoms with van der Waals surface area (Å²) in [5.41, 5.74) is 8.30. The molecule has 0 aromatic carbocycles. The van der Waals surface area contributed by atoms with Gasteiger partial charge in [0.2, 0.25) is 5.95 Å². The zero-order chi connectivity index (χ0) is 18.1. The van der Waals surface area contributed by atoms with Crippen LogP contribution in [-0.4, -0.2) is 56.8 Å². The normalized spacial score (nSPS) is 18.2. The molecule has 1 amide bonds. The number of amides is 1. The van der Waals surface area contributed by atoms with Crippen LogP contribution < -0.4 is 16.0 Å². The summed E-state index contributed by atoms with van der Waals surface area (Å²) in [7, 11) is 0. The van der Waals surface area contributed by atoms with Gasteiger partial charge in [-0.15, -0.1) is 27.7 Å². The molecule has 26 heavy (non-hydrogen) atoms. The van der Waals surface area contributed by atoms with E-state index in [9.17, 15) is 4.79 Å². The lowest BCUT2D eigenvalue weighted by Gasteiger charge is -2.39. The van der Waals surface area contributed by atoms with E-state index in [0.717, 1.165) is 10.3 Å². The van der Waals surface area contributed by atoms with Crippen LogP contribution in [0.1, 0.15) is 6.92 Å². The van der Waals surface area contributed by atoms with Crippen molar-refractivity contribution in [2.75, 3.05) is 35.6 Å². The first-order valence-corrected chi connectivity index (χ1v) is 9.63. The second kappa shape index (κ2) is 6.97. The molecule has 0 unspecified atom stereocenters. The lowest BCUT2D eigenvalue weighted by molar-refractivity contribution is -0.103. The van der Waals surface area contributed by atoms with Gasteiger partial charge in [0.25, 0.3) is 0 Å². The van der Waals surface area contributed by atoms with Crippen LogP contribution in [0.4, 0.5) is 21.7 Å². The molecule has 0 bridgehead atoms. The molecule has 0 radical (unpaired) electrons. The summed E-state index contributed by atoms with van der Waals surface area (Å²) < 4.78 is 0. The highest BCUT2D eigenvalue weighted by Gasteiger charge is 2.29. The molecular formula is C14H16N8O2S2. The van der Waals surface area contributed by atoms with E-state index in [2.05, 4.69) is 30.2 Å². The van der Waals surface area contributed by atoms with E-state index in [4.69, 9.17) is 10.6 Å². The third kappa shape index (κ3) is 3.38. The van der Waals surface area contributed by atoms with Crippen molar-refractivity contribution in [3.05, 3.63) is 17.1 Å². The average Bonchev–Trinajstić information content (AvgIpc) is 3.25. The minimum atomic E-state index is -0.547. The van der Waals surface area contributed by atoms with Gasteiger partial charge in [-0.2, -0.15) is 4.98 Å². The monoisotopic (exact) mass is 392 g/mol. The summed E-state index contributed by atoms with van der Waals surface area (Å²) in [6, 6.07) is 0.0515. The molecule has 0 saturated carbocycles. The number of hydrogen-bond acceptors (Lipinski definition) is 11. The van der Waals surface area contributed by atoms with Crippen molar-refractivity contribution in [2.24, 2.45) is 0 Å². The lowest BCUT2D eigenvalue weighted by Crippen LogP contribution is -2.53. The summed E-state index contributed by atoms with van der Waals surface area (Å²) in [6.07, 6.45) is 1.07. The van der Waals surface area contributed by atoms with Gasteiger partial charge in [-0.3, -0.25) is 5.32 Å². The molecule has 1 aliphatic heterocycles. The van der Waals surface area contributed by atoms with Crippen LogP contribution in [0.2, 0.25) is 0 Å². The first-order chi connectivity index (χ1) is 12.6. The van der Waals surface area contributed by atoms with Crippen LogP contribution >= 0.6 is 22.7 Å². The molecule has 12 heteroatoms. The maximum atomic E-state index is 12.0. The minimum Gasteiger partial charge on any atom is -0.368 e. The zero-order valence-corrected chi connectivity index (χ0v) is 15.5. The number of fused-ring (bicyclic) bond motifs is 1. The number of nitrogen functional groups attached to an aromatic ring is 1. The van der Waals surface area contributed by atoms with Crippen LogP contribution in [-0.2, 0) is 4.84 Å². The molecule has 10 nitrogen and oxygen atoms in total. The largest absolute Gasteiger partial charge is 0.432 e. The third-order valence-corrected chi connectivity index (χ3v) is 5.32. The Morgan fingerprint density at radius 1 is 1.35 bits per heavy atom. The second-order valence-electron chi connectivity index (χ2n) is 5.68. The SMILES string of the molecule is C[C@H]1CN(OC(=O)Nc2nccs2)CCN1c1nc(N)nc2scnc12. The minimum absolute atomic E-state index is 0.0515. The highest BCUT2D eigenvalue weighted by atomic mass is 32.1. The quantitative estimate of drug-likeness (QED) is 0.687. The van der Waals surface area contributed by atoms with E-state index in [-0.39, 0.29) is 12.0 Å². The second-order valence-corrected chi connectivity index (χ2v) is 7.41. The predicted octanol–water partition coefficient (Wildman–Crippen LogP) is 1.80. The standard InChI is InChI=1S/C14H16N8O2S2/c1-8-6-21(24-14(23)20-13-16-2-5-25-13)3-4-22(8)10-9-11(26-7-17-9)19-12(15)18-10/h2,5,7-8H,3-4,6H2,1H3,(H2,15,18,19)(H,16,20,23)/t8-/m0/s1. The molecule has 1 fully saturated rings. The van der Waals surface area contributed by atoms with E-state index in [0.29, 0.717) is 30.6 Å².